The lowest BCUT2D eigenvalue weighted by atomic mass is 9.91. The van der Waals surface area contributed by atoms with Crippen molar-refractivity contribution in [3.63, 3.8) is 0 Å². The molecular weight excluding hydrogens is 528 g/mol. The summed E-state index contributed by atoms with van der Waals surface area (Å²) in [5, 5.41) is 0. The highest BCUT2D eigenvalue weighted by atomic mass is 35.5. The quantitative estimate of drug-likeness (QED) is 0.156. The van der Waals surface area contributed by atoms with Crippen LogP contribution >= 0.6 is 23.4 Å². The van der Waals surface area contributed by atoms with Gasteiger partial charge in [0, 0.05) is 6.42 Å². The van der Waals surface area contributed by atoms with Crippen LogP contribution in [0.4, 0.5) is 0 Å². The zero-order valence-electron chi connectivity index (χ0n) is 30.2. The fourth-order valence-electron chi connectivity index (χ4n) is 3.09. The zero-order valence-corrected chi connectivity index (χ0v) is 31.7. The van der Waals surface area contributed by atoms with Gasteiger partial charge in [0.2, 0.25) is 0 Å². The Hall–Kier alpha value is -0.990. The Morgan fingerprint density at radius 1 is 0.925 bits per heavy atom. The second-order valence-electron chi connectivity index (χ2n) is 9.14. The Morgan fingerprint density at radius 3 is 1.62 bits per heavy atom. The Balaban J connectivity index is -0.0000000943. The molecule has 240 valence electrons. The minimum Gasteiger partial charge on any atom is -0.303 e. The van der Waals surface area contributed by atoms with Crippen molar-refractivity contribution in [3.05, 3.63) is 56.9 Å². The predicted octanol–water partition coefficient (Wildman–Crippen LogP) is 14.9. The summed E-state index contributed by atoms with van der Waals surface area (Å²) in [5.41, 5.74) is 5.23. The molecule has 2 atom stereocenters. The Kier molecular flexibility index (Phi) is 54.9. The summed E-state index contributed by atoms with van der Waals surface area (Å²) in [5.74, 6) is 1.60. The Bertz CT molecular complexity index is 649. The zero-order chi connectivity index (χ0) is 33.1. The first-order valence-corrected chi connectivity index (χ1v) is 17.3. The predicted molar refractivity (Wildman–Crippen MR) is 196 cm³/mol. The number of rotatable bonds is 8. The van der Waals surface area contributed by atoms with Crippen LogP contribution in [0.3, 0.4) is 0 Å². The van der Waals surface area contributed by atoms with Gasteiger partial charge in [0.05, 0.1) is 4.36 Å². The normalized spacial score (nSPS) is 15.0. The molecular formula is C37H73ClOS. The third-order valence-electron chi connectivity index (χ3n) is 5.91. The molecule has 0 aromatic carbocycles. The molecule has 1 nitrogen and oxygen atoms in total. The number of unbranched alkanes of at least 4 members (excludes halogenated alkanes) is 1. The van der Waals surface area contributed by atoms with Crippen molar-refractivity contribution < 1.29 is 4.79 Å². The van der Waals surface area contributed by atoms with Gasteiger partial charge in [-0.25, -0.2) is 0 Å². The van der Waals surface area contributed by atoms with Gasteiger partial charge in [-0.05, 0) is 76.5 Å². The second-order valence-corrected chi connectivity index (χ2v) is 11.0. The van der Waals surface area contributed by atoms with E-state index in [1.165, 1.54) is 46.5 Å². The molecule has 40 heavy (non-hydrogen) atoms. The first kappa shape index (κ1) is 51.7. The van der Waals surface area contributed by atoms with Crippen LogP contribution in [0.5, 0.6) is 0 Å². The first-order valence-electron chi connectivity index (χ1n) is 16.1. The summed E-state index contributed by atoms with van der Waals surface area (Å²) in [6.45, 7) is 40.9. The summed E-state index contributed by atoms with van der Waals surface area (Å²) in [6, 6.07) is 0. The fraction of sp³-hybridized carbons (Fsp3) is 0.703. The molecule has 0 radical (unpaired) electrons. The molecule has 1 aliphatic rings. The van der Waals surface area contributed by atoms with E-state index < -0.39 is 0 Å². The molecule has 0 aromatic rings. The highest BCUT2D eigenvalue weighted by molar-refractivity contribution is 8.08. The lowest BCUT2D eigenvalue weighted by Crippen LogP contribution is -2.04. The average Bonchev–Trinajstić information content (AvgIpc) is 3.12. The molecule has 1 rings (SSSR count). The molecule has 1 aliphatic carbocycles. The van der Waals surface area contributed by atoms with E-state index in [2.05, 4.69) is 80.7 Å². The third kappa shape index (κ3) is 39.2. The van der Waals surface area contributed by atoms with Crippen LogP contribution in [-0.2, 0) is 4.79 Å². The van der Waals surface area contributed by atoms with Gasteiger partial charge in [0.15, 0.2) is 0 Å². The van der Waals surface area contributed by atoms with Gasteiger partial charge in [0.1, 0.15) is 6.29 Å². The minimum atomic E-state index is 0.651. The fourth-order valence-corrected chi connectivity index (χ4v) is 3.99. The number of hydrogen-bond donors (Lipinski definition) is 0. The monoisotopic (exact) mass is 601 g/mol. The average molecular weight is 602 g/mol. The summed E-state index contributed by atoms with van der Waals surface area (Å²) >= 11 is 7.19. The molecule has 0 aromatic heterocycles. The molecule has 0 N–H and O–H groups in total. The lowest BCUT2D eigenvalue weighted by molar-refractivity contribution is -0.107. The van der Waals surface area contributed by atoms with Crippen LogP contribution in [0, 0.1) is 11.8 Å². The molecule has 0 spiro atoms. The van der Waals surface area contributed by atoms with E-state index in [-0.39, 0.29) is 0 Å². The van der Waals surface area contributed by atoms with Gasteiger partial charge in [-0.2, -0.15) is 0 Å². The maximum atomic E-state index is 10.3. The third-order valence-corrected chi connectivity index (χ3v) is 7.30. The lowest BCUT2D eigenvalue weighted by Gasteiger charge is -2.14. The summed E-state index contributed by atoms with van der Waals surface area (Å²) in [7, 11) is 0. The van der Waals surface area contributed by atoms with Crippen molar-refractivity contribution in [2.24, 2.45) is 11.8 Å². The van der Waals surface area contributed by atoms with Crippen molar-refractivity contribution in [2.45, 2.75) is 162 Å². The van der Waals surface area contributed by atoms with Crippen LogP contribution in [0.25, 0.3) is 0 Å². The molecule has 0 saturated heterocycles. The van der Waals surface area contributed by atoms with E-state index in [1.54, 1.807) is 11.8 Å². The van der Waals surface area contributed by atoms with Crippen LogP contribution in [0.15, 0.2) is 56.9 Å². The smallest absolute Gasteiger partial charge is 0.124 e. The van der Waals surface area contributed by atoms with Crippen LogP contribution in [0.2, 0.25) is 0 Å². The summed E-state index contributed by atoms with van der Waals surface area (Å²) < 4.78 is 0.651. The number of hydrogen-bond acceptors (Lipinski definition) is 2. The molecule has 0 fully saturated rings. The van der Waals surface area contributed by atoms with Gasteiger partial charge in [-0.15, -0.1) is 0 Å². The number of carbonyl (C=O) groups is 1. The topological polar surface area (TPSA) is 17.1 Å². The van der Waals surface area contributed by atoms with Crippen molar-refractivity contribution in [2.75, 3.05) is 0 Å². The Morgan fingerprint density at radius 2 is 1.40 bits per heavy atom. The highest BCUT2D eigenvalue weighted by Gasteiger charge is 2.15. The van der Waals surface area contributed by atoms with Gasteiger partial charge in [-0.1, -0.05) is 167 Å². The number of halogens is 1. The molecule has 0 heterocycles. The van der Waals surface area contributed by atoms with Crippen molar-refractivity contribution >= 4 is 29.6 Å². The van der Waals surface area contributed by atoms with Crippen LogP contribution in [0.1, 0.15) is 162 Å². The van der Waals surface area contributed by atoms with Gasteiger partial charge in [0.25, 0.3) is 0 Å². The van der Waals surface area contributed by atoms with E-state index >= 15 is 0 Å². The molecule has 0 bridgehead atoms. The van der Waals surface area contributed by atoms with Gasteiger partial charge in [-0.3, -0.25) is 0 Å². The van der Waals surface area contributed by atoms with Gasteiger partial charge < -0.3 is 4.79 Å². The first-order chi connectivity index (χ1) is 18.9. The van der Waals surface area contributed by atoms with Crippen LogP contribution < -0.4 is 0 Å². The molecule has 0 amide bonds. The minimum absolute atomic E-state index is 0.651. The molecule has 3 heteroatoms. The van der Waals surface area contributed by atoms with Crippen LogP contribution in [-0.4, -0.2) is 6.29 Å². The van der Waals surface area contributed by atoms with E-state index in [9.17, 15) is 4.79 Å². The molecule has 0 aliphatic heterocycles. The van der Waals surface area contributed by atoms with E-state index in [4.69, 9.17) is 11.6 Å². The number of aldehydes is 1. The number of thioether (sulfide) groups is 1. The summed E-state index contributed by atoms with van der Waals surface area (Å²) in [6.07, 6.45) is 14.4. The van der Waals surface area contributed by atoms with Crippen molar-refractivity contribution in [3.8, 4) is 0 Å². The maximum Gasteiger partial charge on any atom is 0.124 e. The number of allylic oxidation sites excluding steroid dienone is 7. The standard InChI is InChI=1S/C11H18O.C8H13ClS.C8H14.C4H10.3C2H6/c1-9-3-5-11(7-8-12)6-4-10(9)2;1-5-8(6(2)3)10-7(4)9;1-5-8(6-2)7(3)4;1-3-4-2;3*1-2/h5,8-10H,3-4,6-7H2,1-2H3;4-5H2,1-3H3;5H,3,6H2,1-2,4H3;3-4H2,1-2H3;3*1-2H3/b;;8-5+;;;;. The largest absolute Gasteiger partial charge is 0.303 e. The van der Waals surface area contributed by atoms with Crippen molar-refractivity contribution in [1.29, 1.82) is 0 Å². The maximum absolute atomic E-state index is 10.3. The van der Waals surface area contributed by atoms with E-state index in [0.29, 0.717) is 10.8 Å². The van der Waals surface area contributed by atoms with Gasteiger partial charge >= 0.3 is 0 Å². The van der Waals surface area contributed by atoms with Crippen molar-refractivity contribution in [1.82, 2.24) is 0 Å². The van der Waals surface area contributed by atoms with E-state index in [0.717, 1.165) is 43.8 Å². The second kappa shape index (κ2) is 42.5. The Labute approximate surface area is 264 Å². The molecule has 0 saturated carbocycles. The number of carbonyl (C=O) groups excluding carboxylic acids is 1. The highest BCUT2D eigenvalue weighted by Crippen LogP contribution is 2.31. The SMILES string of the molecule is C=C(C)/C(=C/C)CC.C=C(Cl)SC(CC)=C(C)C.CC.CC.CC.CC1CC=C(CC=O)CCC1C.CCCC. The molecule has 2 unspecified atom stereocenters. The van der Waals surface area contributed by atoms with E-state index in [1.807, 2.05) is 55.4 Å². The summed E-state index contributed by atoms with van der Waals surface area (Å²) in [4.78, 5) is 11.6.